The molecular weight excluding hydrogens is 156 g/mol. The van der Waals surface area contributed by atoms with Gasteiger partial charge in [-0.15, -0.1) is 0 Å². The molecule has 66 valence electrons. The maximum atomic E-state index is 11.1. The quantitative estimate of drug-likeness (QED) is 0.426. The third-order valence-electron chi connectivity index (χ3n) is 2.73. The summed E-state index contributed by atoms with van der Waals surface area (Å²) in [5.41, 5.74) is 0.451. The van der Waals surface area contributed by atoms with E-state index in [0.717, 1.165) is 19.3 Å². The van der Waals surface area contributed by atoms with E-state index in [9.17, 15) is 9.90 Å². The van der Waals surface area contributed by atoms with Gasteiger partial charge in [0.25, 0.3) is 0 Å². The predicted molar refractivity (Wildman–Crippen MR) is 42.4 cm³/mol. The molecule has 0 radical (unpaired) electrons. The molecule has 0 aromatic carbocycles. The van der Waals surface area contributed by atoms with Gasteiger partial charge in [-0.25, -0.2) is 4.79 Å². The fourth-order valence-corrected chi connectivity index (χ4v) is 2.07. The number of carbonyl (C=O) groups is 1. The van der Waals surface area contributed by atoms with Gasteiger partial charge in [0.05, 0.1) is 12.0 Å². The summed E-state index contributed by atoms with van der Waals surface area (Å²) < 4.78 is 5.05. The summed E-state index contributed by atoms with van der Waals surface area (Å²) in [6.45, 7) is 3.64. The number of carbonyl (C=O) groups excluding carboxylic acids is 1. The molecule has 1 N–H and O–H groups in total. The number of fused-ring (bicyclic) bond motifs is 1. The van der Waals surface area contributed by atoms with Crippen LogP contribution in [0, 0.1) is 5.92 Å². The molecule has 2 aliphatic rings. The molecule has 2 rings (SSSR count). The third kappa shape index (κ3) is 0.966. The Morgan fingerprint density at radius 2 is 2.25 bits per heavy atom. The van der Waals surface area contributed by atoms with Crippen molar-refractivity contribution < 1.29 is 14.6 Å². The maximum Gasteiger partial charge on any atom is 0.334 e. The van der Waals surface area contributed by atoms with Crippen LogP contribution in [0.25, 0.3) is 0 Å². The van der Waals surface area contributed by atoms with Crippen LogP contribution in [0.5, 0.6) is 0 Å². The molecule has 0 bridgehead atoms. The number of aliphatic hydroxyl groups is 1. The smallest absolute Gasteiger partial charge is 0.334 e. The largest absolute Gasteiger partial charge is 0.458 e. The minimum Gasteiger partial charge on any atom is -0.458 e. The standard InChI is InChI=1S/C9H12O3/c1-5-8-6(10)3-2-4-7(8)12-9(5)11/h6-8,10H,1-4H2/t6-,7+,8+/m1/s1. The van der Waals surface area contributed by atoms with E-state index in [1.807, 2.05) is 0 Å². The molecule has 1 aliphatic heterocycles. The van der Waals surface area contributed by atoms with Gasteiger partial charge in [0.15, 0.2) is 0 Å². The molecule has 1 saturated carbocycles. The van der Waals surface area contributed by atoms with E-state index < -0.39 is 6.10 Å². The maximum absolute atomic E-state index is 11.1. The average Bonchev–Trinajstić information content (AvgIpc) is 2.29. The Kier molecular flexibility index (Phi) is 1.68. The summed E-state index contributed by atoms with van der Waals surface area (Å²) in [6, 6.07) is 0. The van der Waals surface area contributed by atoms with Crippen LogP contribution in [0.4, 0.5) is 0 Å². The number of hydrogen-bond donors (Lipinski definition) is 1. The van der Waals surface area contributed by atoms with Crippen molar-refractivity contribution in [2.75, 3.05) is 0 Å². The lowest BCUT2D eigenvalue weighted by atomic mass is 9.81. The van der Waals surface area contributed by atoms with E-state index in [1.165, 1.54) is 0 Å². The van der Waals surface area contributed by atoms with Crippen molar-refractivity contribution in [3.8, 4) is 0 Å². The SMILES string of the molecule is C=C1C(=O)O[C@H]2CCC[C@@H](O)[C@H]12. The van der Waals surface area contributed by atoms with Gasteiger partial charge in [0, 0.05) is 5.57 Å². The van der Waals surface area contributed by atoms with Gasteiger partial charge in [0.2, 0.25) is 0 Å². The fraction of sp³-hybridized carbons (Fsp3) is 0.667. The lowest BCUT2D eigenvalue weighted by Gasteiger charge is -2.27. The van der Waals surface area contributed by atoms with Gasteiger partial charge in [-0.1, -0.05) is 6.58 Å². The van der Waals surface area contributed by atoms with Crippen LogP contribution < -0.4 is 0 Å². The molecule has 12 heavy (non-hydrogen) atoms. The predicted octanol–water partition coefficient (Wildman–Crippen LogP) is 0.629. The first-order chi connectivity index (χ1) is 5.70. The summed E-state index contributed by atoms with van der Waals surface area (Å²) in [4.78, 5) is 11.1. The van der Waals surface area contributed by atoms with Gasteiger partial charge in [-0.05, 0) is 19.3 Å². The fourth-order valence-electron chi connectivity index (χ4n) is 2.07. The highest BCUT2D eigenvalue weighted by atomic mass is 16.6. The first-order valence-electron chi connectivity index (χ1n) is 4.28. The normalized spacial score (nSPS) is 40.9. The first kappa shape index (κ1) is 7.80. The molecule has 1 heterocycles. The topological polar surface area (TPSA) is 46.5 Å². The molecule has 1 saturated heterocycles. The third-order valence-corrected chi connectivity index (χ3v) is 2.73. The summed E-state index contributed by atoms with van der Waals surface area (Å²) >= 11 is 0. The number of aliphatic hydroxyl groups excluding tert-OH is 1. The molecule has 0 aromatic rings. The van der Waals surface area contributed by atoms with Crippen LogP contribution in [-0.2, 0) is 9.53 Å². The van der Waals surface area contributed by atoms with E-state index in [1.54, 1.807) is 0 Å². The summed E-state index contributed by atoms with van der Waals surface area (Å²) in [5, 5.41) is 9.57. The van der Waals surface area contributed by atoms with Crippen molar-refractivity contribution >= 4 is 5.97 Å². The van der Waals surface area contributed by atoms with E-state index in [4.69, 9.17) is 4.74 Å². The summed E-state index contributed by atoms with van der Waals surface area (Å²) in [6.07, 6.45) is 2.03. The van der Waals surface area contributed by atoms with Gasteiger partial charge in [-0.3, -0.25) is 0 Å². The number of hydrogen-bond acceptors (Lipinski definition) is 3. The second-order valence-electron chi connectivity index (χ2n) is 3.49. The van der Waals surface area contributed by atoms with Crippen LogP contribution in [0.2, 0.25) is 0 Å². The number of ether oxygens (including phenoxy) is 1. The van der Waals surface area contributed by atoms with Crippen molar-refractivity contribution in [1.82, 2.24) is 0 Å². The molecule has 0 aromatic heterocycles. The Hall–Kier alpha value is -0.830. The monoisotopic (exact) mass is 168 g/mol. The molecular formula is C9H12O3. The summed E-state index contributed by atoms with van der Waals surface area (Å²) in [5.74, 6) is -0.461. The van der Waals surface area contributed by atoms with Gasteiger partial charge in [0.1, 0.15) is 6.10 Å². The Morgan fingerprint density at radius 1 is 1.50 bits per heavy atom. The minimum absolute atomic E-state index is 0.103. The lowest BCUT2D eigenvalue weighted by molar-refractivity contribution is -0.140. The molecule has 0 amide bonds. The highest BCUT2D eigenvalue weighted by molar-refractivity contribution is 5.91. The number of esters is 1. The molecule has 3 heteroatoms. The summed E-state index contributed by atoms with van der Waals surface area (Å²) in [7, 11) is 0. The highest BCUT2D eigenvalue weighted by Gasteiger charge is 2.44. The molecule has 1 aliphatic carbocycles. The molecule has 3 atom stereocenters. The van der Waals surface area contributed by atoms with E-state index in [2.05, 4.69) is 6.58 Å². The Bertz CT molecular complexity index is 234. The van der Waals surface area contributed by atoms with E-state index >= 15 is 0 Å². The average molecular weight is 168 g/mol. The zero-order valence-corrected chi connectivity index (χ0v) is 6.82. The van der Waals surface area contributed by atoms with Crippen molar-refractivity contribution in [3.63, 3.8) is 0 Å². The van der Waals surface area contributed by atoms with Crippen LogP contribution in [-0.4, -0.2) is 23.3 Å². The molecule has 0 unspecified atom stereocenters. The molecule has 2 fully saturated rings. The van der Waals surface area contributed by atoms with Crippen LogP contribution >= 0.6 is 0 Å². The Labute approximate surface area is 71.0 Å². The highest BCUT2D eigenvalue weighted by Crippen LogP contribution is 2.37. The van der Waals surface area contributed by atoms with Crippen molar-refractivity contribution in [3.05, 3.63) is 12.2 Å². The van der Waals surface area contributed by atoms with Gasteiger partial charge in [-0.2, -0.15) is 0 Å². The first-order valence-corrected chi connectivity index (χ1v) is 4.28. The lowest BCUT2D eigenvalue weighted by Crippen LogP contribution is -2.33. The zero-order chi connectivity index (χ0) is 8.72. The van der Waals surface area contributed by atoms with Gasteiger partial charge < -0.3 is 9.84 Å². The second kappa shape index (κ2) is 2.59. The van der Waals surface area contributed by atoms with E-state index in [-0.39, 0.29) is 18.0 Å². The van der Waals surface area contributed by atoms with Crippen molar-refractivity contribution in [2.24, 2.45) is 5.92 Å². The van der Waals surface area contributed by atoms with Crippen LogP contribution in [0.15, 0.2) is 12.2 Å². The number of rotatable bonds is 0. The van der Waals surface area contributed by atoms with Gasteiger partial charge >= 0.3 is 5.97 Å². The van der Waals surface area contributed by atoms with Crippen molar-refractivity contribution in [1.29, 1.82) is 0 Å². The Morgan fingerprint density at radius 3 is 2.92 bits per heavy atom. The zero-order valence-electron chi connectivity index (χ0n) is 6.82. The second-order valence-corrected chi connectivity index (χ2v) is 3.49. The van der Waals surface area contributed by atoms with Crippen LogP contribution in [0.1, 0.15) is 19.3 Å². The Balaban J connectivity index is 2.23. The minimum atomic E-state index is -0.428. The van der Waals surface area contributed by atoms with Crippen LogP contribution in [0.3, 0.4) is 0 Å². The molecule has 0 spiro atoms. The van der Waals surface area contributed by atoms with Crippen molar-refractivity contribution in [2.45, 2.75) is 31.5 Å². The van der Waals surface area contributed by atoms with E-state index in [0.29, 0.717) is 5.57 Å². The molecule has 3 nitrogen and oxygen atoms in total.